The van der Waals surface area contributed by atoms with Gasteiger partial charge in [-0.2, -0.15) is 0 Å². The van der Waals surface area contributed by atoms with Gasteiger partial charge in [-0.15, -0.1) is 0 Å². The van der Waals surface area contributed by atoms with Gasteiger partial charge >= 0.3 is 0 Å². The predicted octanol–water partition coefficient (Wildman–Crippen LogP) is 2.96. The molecule has 2 aliphatic heterocycles. The molecule has 0 amide bonds. The Morgan fingerprint density at radius 3 is 2.50 bits per heavy atom. The molecule has 9 heteroatoms. The lowest BCUT2D eigenvalue weighted by Crippen LogP contribution is -2.55. The molecule has 2 atom stereocenters. The van der Waals surface area contributed by atoms with E-state index in [-0.39, 0.29) is 12.0 Å². The van der Waals surface area contributed by atoms with Gasteiger partial charge in [0.25, 0.3) is 7.59 Å². The Morgan fingerprint density at radius 2 is 1.83 bits per heavy atom. The lowest BCUT2D eigenvalue weighted by molar-refractivity contribution is 0.0836. The predicted molar refractivity (Wildman–Crippen MR) is 119 cm³/mol. The number of aromatic nitrogens is 1. The maximum absolute atomic E-state index is 13.5. The number of nitrogens with one attached hydrogen (secondary N) is 1. The summed E-state index contributed by atoms with van der Waals surface area (Å²) in [7, 11) is 4.88. The van der Waals surface area contributed by atoms with Crippen LogP contribution in [0.2, 0.25) is 0 Å². The zero-order chi connectivity index (χ0) is 21.5. The van der Waals surface area contributed by atoms with Crippen LogP contribution in [0.4, 0.5) is 4.39 Å². The summed E-state index contributed by atoms with van der Waals surface area (Å²) in [5.41, 5.74) is 2.13. The summed E-state index contributed by atoms with van der Waals surface area (Å²) in [5, 5.41) is 6.03. The summed E-state index contributed by atoms with van der Waals surface area (Å²) < 4.78 is 32.9. The Hall–Kier alpha value is -1.28. The van der Waals surface area contributed by atoms with Crippen molar-refractivity contribution in [2.24, 2.45) is 0 Å². The van der Waals surface area contributed by atoms with Crippen molar-refractivity contribution in [3.63, 3.8) is 0 Å². The van der Waals surface area contributed by atoms with Crippen LogP contribution in [0, 0.1) is 5.82 Å². The van der Waals surface area contributed by atoms with Crippen molar-refractivity contribution >= 4 is 18.5 Å². The number of halogens is 1. The largest absolute Gasteiger partial charge is 0.361 e. The molecule has 2 aliphatic rings. The van der Waals surface area contributed by atoms with E-state index >= 15 is 0 Å². The van der Waals surface area contributed by atoms with E-state index in [9.17, 15) is 8.96 Å². The average molecular weight is 436 g/mol. The van der Waals surface area contributed by atoms with Crippen LogP contribution in [-0.4, -0.2) is 91.0 Å². The maximum Gasteiger partial charge on any atom is 0.285 e. The average Bonchev–Trinajstić information content (AvgIpc) is 3.16. The number of nitrogens with zero attached hydrogens (tertiary/aromatic N) is 5. The number of hydrogen-bond acceptors (Lipinski definition) is 2. The third kappa shape index (κ3) is 3.97. The minimum atomic E-state index is -2.68. The highest BCUT2D eigenvalue weighted by Crippen LogP contribution is 2.53. The van der Waals surface area contributed by atoms with Crippen LogP contribution < -0.4 is 5.32 Å². The molecule has 0 aliphatic carbocycles. The molecule has 2 fully saturated rings. The monoisotopic (exact) mass is 435 g/mol. The molecule has 2 saturated heterocycles. The second kappa shape index (κ2) is 8.69. The Bertz CT molecular complexity index is 911. The smallest absolute Gasteiger partial charge is 0.285 e. The Kier molecular flexibility index (Phi) is 6.35. The number of piperazine rings is 1. The lowest BCUT2D eigenvalue weighted by Gasteiger charge is -2.46. The molecule has 0 spiro atoms. The zero-order valence-electron chi connectivity index (χ0n) is 18.4. The molecule has 0 saturated carbocycles. The fourth-order valence-corrected chi connectivity index (χ4v) is 7.39. The molecule has 1 aromatic heterocycles. The zero-order valence-corrected chi connectivity index (χ0v) is 19.3. The fourth-order valence-electron chi connectivity index (χ4n) is 4.97. The topological polar surface area (TPSA) is 59.9 Å². The van der Waals surface area contributed by atoms with Crippen LogP contribution in [0.1, 0.15) is 24.3 Å². The normalized spacial score (nSPS) is 24.9. The minimum Gasteiger partial charge on any atom is -0.361 e. The quantitative estimate of drug-likeness (QED) is 0.732. The number of hydrogen-bond donors (Lipinski definition) is 1. The molecule has 3 heterocycles. The van der Waals surface area contributed by atoms with Gasteiger partial charge in [-0.3, -0.25) is 9.46 Å². The highest BCUT2D eigenvalue weighted by atomic mass is 31.2. The van der Waals surface area contributed by atoms with Gasteiger partial charge in [0.05, 0.1) is 6.17 Å². The van der Waals surface area contributed by atoms with E-state index in [2.05, 4.69) is 14.6 Å². The van der Waals surface area contributed by atoms with Crippen LogP contribution in [0.25, 0.3) is 10.9 Å². The van der Waals surface area contributed by atoms with E-state index in [4.69, 9.17) is 5.32 Å². The second-order valence-corrected chi connectivity index (χ2v) is 11.9. The maximum atomic E-state index is 13.5. The highest BCUT2D eigenvalue weighted by Gasteiger charge is 2.39. The molecule has 4 rings (SSSR count). The molecule has 2 unspecified atom stereocenters. The number of H-pyrrole nitrogens is 1. The SMILES string of the molecule is CN(C)P(=O)(N(C)C)N1CCN(C2CC(c3c[nH]c4cc(F)ccc34)CC[N]2)CC1. The number of aromatic amines is 1. The number of benzene rings is 1. The van der Waals surface area contributed by atoms with Crippen molar-refractivity contribution in [3.8, 4) is 0 Å². The summed E-state index contributed by atoms with van der Waals surface area (Å²) in [4.78, 5) is 5.67. The van der Waals surface area contributed by atoms with E-state index in [1.54, 1.807) is 6.07 Å². The van der Waals surface area contributed by atoms with Gasteiger partial charge in [-0.05, 0) is 70.7 Å². The van der Waals surface area contributed by atoms with Gasteiger partial charge in [0, 0.05) is 49.8 Å². The molecule has 0 bridgehead atoms. The lowest BCUT2D eigenvalue weighted by atomic mass is 9.88. The Morgan fingerprint density at radius 1 is 1.13 bits per heavy atom. The number of piperidine rings is 1. The van der Waals surface area contributed by atoms with Crippen LogP contribution in [0.15, 0.2) is 24.4 Å². The van der Waals surface area contributed by atoms with Gasteiger partial charge in [-0.1, -0.05) is 0 Å². The molecule has 7 nitrogen and oxygen atoms in total. The third-order valence-corrected chi connectivity index (χ3v) is 9.77. The van der Waals surface area contributed by atoms with Crippen molar-refractivity contribution in [2.75, 3.05) is 60.9 Å². The first-order valence-corrected chi connectivity index (χ1v) is 12.3. The van der Waals surface area contributed by atoms with Crippen molar-refractivity contribution in [2.45, 2.75) is 24.9 Å². The number of fused-ring (bicyclic) bond motifs is 1. The standard InChI is InChI=1S/C21H33FN6OP/c1-25(2)30(29,26(3)4)28-11-9-27(10-12-28)21-13-16(7-8-23-21)19-15-24-20-14-17(22)5-6-18(19)20/h5-6,14-16,21,24H,7-13H2,1-4H3. The molecular formula is C21H33FN6OP. The summed E-state index contributed by atoms with van der Waals surface area (Å²) in [5.74, 6) is 0.206. The van der Waals surface area contributed by atoms with E-state index in [0.717, 1.165) is 56.5 Å². The van der Waals surface area contributed by atoms with Crippen molar-refractivity contribution in [1.29, 1.82) is 0 Å². The molecule has 1 radical (unpaired) electrons. The first-order valence-electron chi connectivity index (χ1n) is 10.7. The van der Waals surface area contributed by atoms with E-state index in [0.29, 0.717) is 5.92 Å². The summed E-state index contributed by atoms with van der Waals surface area (Å²) >= 11 is 0. The first kappa shape index (κ1) is 21.9. The fraction of sp³-hybridized carbons (Fsp3) is 0.619. The highest BCUT2D eigenvalue weighted by molar-refractivity contribution is 7.56. The summed E-state index contributed by atoms with van der Waals surface area (Å²) in [6.07, 6.45) is 4.23. The van der Waals surface area contributed by atoms with Gasteiger partial charge in [0.1, 0.15) is 5.82 Å². The van der Waals surface area contributed by atoms with Crippen LogP contribution >= 0.6 is 7.59 Å². The molecule has 165 valence electrons. The van der Waals surface area contributed by atoms with Gasteiger partial charge < -0.3 is 4.98 Å². The van der Waals surface area contributed by atoms with E-state index in [1.807, 2.05) is 49.8 Å². The molecular weight excluding hydrogens is 402 g/mol. The van der Waals surface area contributed by atoms with Gasteiger partial charge in [-0.25, -0.2) is 23.7 Å². The van der Waals surface area contributed by atoms with Crippen molar-refractivity contribution in [3.05, 3.63) is 35.8 Å². The van der Waals surface area contributed by atoms with Crippen LogP contribution in [0.3, 0.4) is 0 Å². The molecule has 1 N–H and O–H groups in total. The second-order valence-electron chi connectivity index (χ2n) is 8.74. The Labute approximate surface area is 178 Å². The molecule has 30 heavy (non-hydrogen) atoms. The third-order valence-electron chi connectivity index (χ3n) is 6.55. The van der Waals surface area contributed by atoms with Gasteiger partial charge in [0.2, 0.25) is 0 Å². The van der Waals surface area contributed by atoms with Crippen molar-refractivity contribution < 1.29 is 8.96 Å². The van der Waals surface area contributed by atoms with E-state index < -0.39 is 7.59 Å². The Balaban J connectivity index is 1.43. The summed E-state index contributed by atoms with van der Waals surface area (Å²) in [6, 6.07) is 4.99. The van der Waals surface area contributed by atoms with Gasteiger partial charge in [0.15, 0.2) is 0 Å². The minimum absolute atomic E-state index is 0.189. The van der Waals surface area contributed by atoms with Crippen LogP contribution in [0.5, 0.6) is 0 Å². The number of rotatable bonds is 5. The van der Waals surface area contributed by atoms with E-state index in [1.165, 1.54) is 11.6 Å². The molecule has 2 aromatic rings. The summed E-state index contributed by atoms with van der Waals surface area (Å²) in [6.45, 7) is 4.13. The first-order chi connectivity index (χ1) is 14.3. The van der Waals surface area contributed by atoms with Crippen LogP contribution in [-0.2, 0) is 4.57 Å². The van der Waals surface area contributed by atoms with Crippen molar-refractivity contribution in [1.82, 2.24) is 29.2 Å². The molecule has 1 aromatic carbocycles.